The molecule has 1 aliphatic heterocycles. The van der Waals surface area contributed by atoms with Gasteiger partial charge in [-0.1, -0.05) is 27.2 Å². The van der Waals surface area contributed by atoms with Crippen LogP contribution in [0.5, 0.6) is 0 Å². The van der Waals surface area contributed by atoms with Crippen molar-refractivity contribution in [2.75, 3.05) is 13.1 Å². The zero-order valence-corrected chi connectivity index (χ0v) is 7.28. The zero-order valence-electron chi connectivity index (χ0n) is 7.28. The second-order valence-electron chi connectivity index (χ2n) is 2.32. The second-order valence-corrected chi connectivity index (χ2v) is 2.32. The maximum absolute atomic E-state index is 4.16. The summed E-state index contributed by atoms with van der Waals surface area (Å²) in [5.74, 6) is 1.17. The highest BCUT2D eigenvalue weighted by Gasteiger charge is 1.98. The van der Waals surface area contributed by atoms with Gasteiger partial charge in [0.25, 0.3) is 0 Å². The molecule has 0 unspecified atom stereocenters. The fourth-order valence-electron chi connectivity index (χ4n) is 0.684. The van der Waals surface area contributed by atoms with Crippen molar-refractivity contribution in [3.8, 4) is 0 Å². The van der Waals surface area contributed by atoms with Gasteiger partial charge in [0.2, 0.25) is 0 Å². The Morgan fingerprint density at radius 3 is 2.20 bits per heavy atom. The standard InChI is InChI=1S/C5H10N2.C3H8/c1-2-5-6-3-4-7-5;1-3-2/h2-4H2,1H3,(H,6,7);3H2,1-2H3. The maximum atomic E-state index is 4.16. The third-order valence-electron chi connectivity index (χ3n) is 1.08. The summed E-state index contributed by atoms with van der Waals surface area (Å²) in [6.07, 6.45) is 2.31. The third kappa shape index (κ3) is 4.36. The third-order valence-corrected chi connectivity index (χ3v) is 1.08. The minimum absolute atomic E-state index is 0.975. The topological polar surface area (TPSA) is 24.4 Å². The molecule has 0 saturated heterocycles. The van der Waals surface area contributed by atoms with Crippen molar-refractivity contribution in [1.29, 1.82) is 0 Å². The SMILES string of the molecule is CCC.CCC1=NCCN1. The van der Waals surface area contributed by atoms with E-state index in [0.717, 1.165) is 19.5 Å². The van der Waals surface area contributed by atoms with E-state index >= 15 is 0 Å². The Balaban J connectivity index is 0.000000236. The van der Waals surface area contributed by atoms with Crippen molar-refractivity contribution >= 4 is 5.84 Å². The van der Waals surface area contributed by atoms with Gasteiger partial charge in [-0.25, -0.2) is 0 Å². The molecule has 0 aliphatic carbocycles. The summed E-state index contributed by atoms with van der Waals surface area (Å²) in [6.45, 7) is 8.38. The summed E-state index contributed by atoms with van der Waals surface area (Å²) < 4.78 is 0. The number of nitrogens with one attached hydrogen (secondary N) is 1. The lowest BCUT2D eigenvalue weighted by Gasteiger charge is -1.91. The molecule has 0 atom stereocenters. The van der Waals surface area contributed by atoms with E-state index in [-0.39, 0.29) is 0 Å². The Hall–Kier alpha value is -0.530. The van der Waals surface area contributed by atoms with E-state index in [4.69, 9.17) is 0 Å². The fraction of sp³-hybridized carbons (Fsp3) is 0.875. The molecule has 0 aromatic carbocycles. The van der Waals surface area contributed by atoms with Gasteiger partial charge in [-0.05, 0) is 0 Å². The molecule has 0 amide bonds. The molecule has 2 heteroatoms. The predicted octanol–water partition coefficient (Wildman–Crippen LogP) is 1.81. The molecule has 1 heterocycles. The molecule has 60 valence electrons. The Morgan fingerprint density at radius 1 is 1.40 bits per heavy atom. The first-order valence-corrected chi connectivity index (χ1v) is 4.12. The highest BCUT2D eigenvalue weighted by atomic mass is 15.1. The van der Waals surface area contributed by atoms with Crippen LogP contribution in [0.2, 0.25) is 0 Å². The van der Waals surface area contributed by atoms with Gasteiger partial charge < -0.3 is 5.32 Å². The molecule has 1 rings (SSSR count). The number of rotatable bonds is 1. The molecule has 10 heavy (non-hydrogen) atoms. The molecule has 2 nitrogen and oxygen atoms in total. The molecule has 0 spiro atoms. The lowest BCUT2D eigenvalue weighted by atomic mass is 10.4. The Kier molecular flexibility index (Phi) is 6.24. The minimum Gasteiger partial charge on any atom is -0.372 e. The van der Waals surface area contributed by atoms with Gasteiger partial charge in [-0.2, -0.15) is 0 Å². The summed E-state index contributed by atoms with van der Waals surface area (Å²) >= 11 is 0. The van der Waals surface area contributed by atoms with Crippen LogP contribution in [0.1, 0.15) is 33.6 Å². The molecule has 0 bridgehead atoms. The first kappa shape index (κ1) is 9.47. The summed E-state index contributed by atoms with van der Waals surface area (Å²) in [5, 5.41) is 3.16. The van der Waals surface area contributed by atoms with Gasteiger partial charge in [0.15, 0.2) is 0 Å². The van der Waals surface area contributed by atoms with E-state index in [0.29, 0.717) is 0 Å². The first-order chi connectivity index (χ1) is 4.85. The number of amidine groups is 1. The van der Waals surface area contributed by atoms with E-state index in [2.05, 4.69) is 31.1 Å². The van der Waals surface area contributed by atoms with Crippen molar-refractivity contribution in [3.63, 3.8) is 0 Å². The summed E-state index contributed by atoms with van der Waals surface area (Å²) in [5.41, 5.74) is 0. The van der Waals surface area contributed by atoms with E-state index in [1.165, 1.54) is 12.3 Å². The Labute approximate surface area is 63.7 Å². The molecule has 0 aromatic heterocycles. The predicted molar refractivity (Wildman–Crippen MR) is 46.6 cm³/mol. The van der Waals surface area contributed by atoms with Crippen LogP contribution < -0.4 is 5.32 Å². The van der Waals surface area contributed by atoms with Gasteiger partial charge >= 0.3 is 0 Å². The monoisotopic (exact) mass is 142 g/mol. The summed E-state index contributed by atoms with van der Waals surface area (Å²) in [7, 11) is 0. The first-order valence-electron chi connectivity index (χ1n) is 4.12. The molecule has 1 N–H and O–H groups in total. The molecule has 0 aromatic rings. The van der Waals surface area contributed by atoms with Crippen molar-refractivity contribution < 1.29 is 0 Å². The summed E-state index contributed by atoms with van der Waals surface area (Å²) in [4.78, 5) is 4.16. The number of hydrogen-bond acceptors (Lipinski definition) is 2. The molecule has 1 aliphatic rings. The van der Waals surface area contributed by atoms with E-state index < -0.39 is 0 Å². The molecule has 0 radical (unpaired) electrons. The highest BCUT2D eigenvalue weighted by molar-refractivity contribution is 5.83. The van der Waals surface area contributed by atoms with Crippen LogP contribution >= 0.6 is 0 Å². The summed E-state index contributed by atoms with van der Waals surface area (Å²) in [6, 6.07) is 0. The quantitative estimate of drug-likeness (QED) is 0.593. The molecule has 0 fully saturated rings. The van der Waals surface area contributed by atoms with Crippen LogP contribution in [0.25, 0.3) is 0 Å². The number of hydrogen-bond donors (Lipinski definition) is 1. The lowest BCUT2D eigenvalue weighted by molar-refractivity contribution is 0.951. The molecule has 0 saturated carbocycles. The van der Waals surface area contributed by atoms with Crippen molar-refractivity contribution in [3.05, 3.63) is 0 Å². The Morgan fingerprint density at radius 2 is 2.00 bits per heavy atom. The van der Waals surface area contributed by atoms with Gasteiger partial charge in [0, 0.05) is 13.0 Å². The van der Waals surface area contributed by atoms with E-state index in [1.54, 1.807) is 0 Å². The highest BCUT2D eigenvalue weighted by Crippen LogP contribution is 1.87. The smallest absolute Gasteiger partial charge is 0.0961 e. The van der Waals surface area contributed by atoms with Crippen LogP contribution in [-0.4, -0.2) is 18.9 Å². The van der Waals surface area contributed by atoms with Gasteiger partial charge in [-0.15, -0.1) is 0 Å². The number of nitrogens with zero attached hydrogens (tertiary/aromatic N) is 1. The van der Waals surface area contributed by atoms with Crippen molar-refractivity contribution in [1.82, 2.24) is 5.32 Å². The van der Waals surface area contributed by atoms with E-state index in [9.17, 15) is 0 Å². The minimum atomic E-state index is 0.975. The van der Waals surface area contributed by atoms with Crippen LogP contribution in [0.4, 0.5) is 0 Å². The maximum Gasteiger partial charge on any atom is 0.0961 e. The Bertz CT molecular complexity index is 97.4. The van der Waals surface area contributed by atoms with Crippen LogP contribution in [-0.2, 0) is 0 Å². The average molecular weight is 142 g/mol. The molecular weight excluding hydrogens is 124 g/mol. The van der Waals surface area contributed by atoms with Gasteiger partial charge in [-0.3, -0.25) is 4.99 Å². The second kappa shape index (κ2) is 6.59. The normalized spacial score (nSPS) is 14.9. The largest absolute Gasteiger partial charge is 0.372 e. The van der Waals surface area contributed by atoms with Crippen LogP contribution in [0.3, 0.4) is 0 Å². The fourth-order valence-corrected chi connectivity index (χ4v) is 0.684. The van der Waals surface area contributed by atoms with Crippen LogP contribution in [0.15, 0.2) is 4.99 Å². The lowest BCUT2D eigenvalue weighted by Crippen LogP contribution is -2.16. The zero-order chi connectivity index (χ0) is 7.82. The average Bonchev–Trinajstić information content (AvgIpc) is 2.39. The van der Waals surface area contributed by atoms with Crippen molar-refractivity contribution in [2.45, 2.75) is 33.6 Å². The van der Waals surface area contributed by atoms with Crippen molar-refractivity contribution in [2.24, 2.45) is 4.99 Å². The van der Waals surface area contributed by atoms with E-state index in [1.807, 2.05) is 0 Å². The van der Waals surface area contributed by atoms with Gasteiger partial charge in [0.05, 0.1) is 12.4 Å². The molecular formula is C8H18N2. The van der Waals surface area contributed by atoms with Gasteiger partial charge in [0.1, 0.15) is 0 Å². The van der Waals surface area contributed by atoms with Crippen LogP contribution in [0, 0.1) is 0 Å². The number of aliphatic imine (C=N–C) groups is 1.